The Hall–Kier alpha value is -2.25. The van der Waals surface area contributed by atoms with Gasteiger partial charge in [-0.05, 0) is 49.4 Å². The van der Waals surface area contributed by atoms with Gasteiger partial charge in [0, 0.05) is 5.69 Å². The fraction of sp³-hybridized carbons (Fsp3) is 0.188. The molecular weight excluding hydrogens is 354 g/mol. The van der Waals surface area contributed by atoms with Crippen LogP contribution in [0.1, 0.15) is 17.3 Å². The normalized spacial score (nSPS) is 11.0. The van der Waals surface area contributed by atoms with E-state index in [4.69, 9.17) is 16.3 Å². The van der Waals surface area contributed by atoms with E-state index in [-0.39, 0.29) is 21.2 Å². The summed E-state index contributed by atoms with van der Waals surface area (Å²) in [6.07, 6.45) is 0. The van der Waals surface area contributed by atoms with Crippen LogP contribution in [-0.2, 0) is 14.8 Å². The molecule has 0 aromatic heterocycles. The lowest BCUT2D eigenvalue weighted by Gasteiger charge is -2.11. The lowest BCUT2D eigenvalue weighted by molar-refractivity contribution is 0.0601. The molecule has 0 aliphatic rings. The fourth-order valence-corrected chi connectivity index (χ4v) is 3.20. The first-order valence-electron chi connectivity index (χ1n) is 7.01. The van der Waals surface area contributed by atoms with Crippen LogP contribution in [-0.4, -0.2) is 28.1 Å². The number of hydrogen-bond donors (Lipinski definition) is 1. The highest BCUT2D eigenvalue weighted by Gasteiger charge is 2.17. The van der Waals surface area contributed by atoms with E-state index >= 15 is 0 Å². The van der Waals surface area contributed by atoms with Gasteiger partial charge in [-0.3, -0.25) is 4.72 Å². The Kier molecular flexibility index (Phi) is 5.69. The van der Waals surface area contributed by atoms with E-state index in [2.05, 4.69) is 9.46 Å². The maximum Gasteiger partial charge on any atom is 0.339 e. The number of nitrogens with one attached hydrogen (secondary N) is 1. The van der Waals surface area contributed by atoms with Crippen LogP contribution < -0.4 is 9.46 Å². The number of ether oxygens (including phenoxy) is 2. The Labute approximate surface area is 145 Å². The minimum atomic E-state index is -3.81. The monoisotopic (exact) mass is 369 g/mol. The number of anilines is 1. The fourth-order valence-electron chi connectivity index (χ4n) is 1.95. The molecule has 6 nitrogen and oxygen atoms in total. The Morgan fingerprint density at radius 2 is 1.83 bits per heavy atom. The van der Waals surface area contributed by atoms with Gasteiger partial charge in [0.1, 0.15) is 5.75 Å². The van der Waals surface area contributed by atoms with Crippen molar-refractivity contribution in [3.8, 4) is 5.75 Å². The molecule has 0 unspecified atom stereocenters. The first-order valence-corrected chi connectivity index (χ1v) is 8.87. The second kappa shape index (κ2) is 7.55. The number of sulfonamides is 1. The van der Waals surface area contributed by atoms with Crippen molar-refractivity contribution in [2.75, 3.05) is 18.4 Å². The van der Waals surface area contributed by atoms with E-state index < -0.39 is 16.0 Å². The van der Waals surface area contributed by atoms with Gasteiger partial charge < -0.3 is 9.47 Å². The molecule has 128 valence electrons. The van der Waals surface area contributed by atoms with Crippen molar-refractivity contribution < 1.29 is 22.7 Å². The molecule has 24 heavy (non-hydrogen) atoms. The van der Waals surface area contributed by atoms with E-state index in [1.54, 1.807) is 12.1 Å². The van der Waals surface area contributed by atoms with Gasteiger partial charge in [-0.2, -0.15) is 0 Å². The molecule has 8 heteroatoms. The van der Waals surface area contributed by atoms with Crippen LogP contribution in [0.5, 0.6) is 5.75 Å². The summed E-state index contributed by atoms with van der Waals surface area (Å²) in [7, 11) is -2.59. The minimum absolute atomic E-state index is 0.0699. The lowest BCUT2D eigenvalue weighted by Crippen LogP contribution is -2.13. The average Bonchev–Trinajstić information content (AvgIpc) is 2.56. The summed E-state index contributed by atoms with van der Waals surface area (Å²) >= 11 is 5.91. The summed E-state index contributed by atoms with van der Waals surface area (Å²) in [5.41, 5.74) is 0.278. The highest BCUT2D eigenvalue weighted by molar-refractivity contribution is 7.92. The van der Waals surface area contributed by atoms with E-state index in [9.17, 15) is 13.2 Å². The number of benzene rings is 2. The number of methoxy groups -OCH3 is 1. The standard InChI is InChI=1S/C16H16ClNO5S/c1-3-23-12-5-7-13(8-6-12)24(20,21)18-11-4-9-15(17)14(10-11)16(19)22-2/h4-10,18H,3H2,1-2H3. The number of esters is 1. The van der Waals surface area contributed by atoms with Crippen LogP contribution in [0.25, 0.3) is 0 Å². The number of hydrogen-bond acceptors (Lipinski definition) is 5. The molecule has 0 amide bonds. The molecule has 0 aliphatic carbocycles. The van der Waals surface area contributed by atoms with Gasteiger partial charge in [-0.15, -0.1) is 0 Å². The zero-order valence-corrected chi connectivity index (χ0v) is 14.6. The maximum absolute atomic E-state index is 12.4. The van der Waals surface area contributed by atoms with Crippen molar-refractivity contribution in [1.29, 1.82) is 0 Å². The van der Waals surface area contributed by atoms with E-state index in [1.807, 2.05) is 6.92 Å². The van der Waals surface area contributed by atoms with Crippen molar-refractivity contribution in [1.82, 2.24) is 0 Å². The molecule has 0 bridgehead atoms. The topological polar surface area (TPSA) is 81.7 Å². The summed E-state index contributed by atoms with van der Waals surface area (Å²) < 4.78 is 37.1. The molecule has 0 spiro atoms. The van der Waals surface area contributed by atoms with Crippen LogP contribution in [0.4, 0.5) is 5.69 Å². The summed E-state index contributed by atoms with van der Waals surface area (Å²) in [4.78, 5) is 11.7. The number of rotatable bonds is 6. The molecular formula is C16H16ClNO5S. The van der Waals surface area contributed by atoms with Crippen molar-refractivity contribution in [3.63, 3.8) is 0 Å². The van der Waals surface area contributed by atoms with Crippen LogP contribution in [0.15, 0.2) is 47.4 Å². The predicted molar refractivity (Wildman–Crippen MR) is 91.2 cm³/mol. The van der Waals surface area contributed by atoms with E-state index in [0.717, 1.165) is 0 Å². The predicted octanol–water partition coefficient (Wildman–Crippen LogP) is 3.33. The first kappa shape index (κ1) is 18.1. The van der Waals surface area contributed by atoms with Crippen LogP contribution in [0.2, 0.25) is 5.02 Å². The lowest BCUT2D eigenvalue weighted by atomic mass is 10.2. The molecule has 0 saturated heterocycles. The minimum Gasteiger partial charge on any atom is -0.494 e. The quantitative estimate of drug-likeness (QED) is 0.790. The Balaban J connectivity index is 2.27. The van der Waals surface area contributed by atoms with E-state index in [1.165, 1.54) is 37.4 Å². The summed E-state index contributed by atoms with van der Waals surface area (Å²) in [6, 6.07) is 10.2. The maximum atomic E-state index is 12.4. The van der Waals surface area contributed by atoms with Crippen LogP contribution in [0, 0.1) is 0 Å². The van der Waals surface area contributed by atoms with Gasteiger partial charge in [0.15, 0.2) is 0 Å². The Morgan fingerprint density at radius 3 is 2.42 bits per heavy atom. The van der Waals surface area contributed by atoms with Crippen molar-refractivity contribution in [2.45, 2.75) is 11.8 Å². The van der Waals surface area contributed by atoms with E-state index in [0.29, 0.717) is 12.4 Å². The average molecular weight is 370 g/mol. The van der Waals surface area contributed by atoms with Crippen LogP contribution in [0.3, 0.4) is 0 Å². The molecule has 0 saturated carbocycles. The molecule has 0 heterocycles. The summed E-state index contributed by atoms with van der Waals surface area (Å²) in [6.45, 7) is 2.33. The van der Waals surface area contributed by atoms with Gasteiger partial charge in [0.05, 0.1) is 29.2 Å². The van der Waals surface area contributed by atoms with Crippen molar-refractivity contribution in [2.24, 2.45) is 0 Å². The third-order valence-electron chi connectivity index (χ3n) is 3.07. The van der Waals surface area contributed by atoms with Gasteiger partial charge in [0.2, 0.25) is 0 Å². The number of carbonyl (C=O) groups is 1. The third-order valence-corrected chi connectivity index (χ3v) is 4.80. The smallest absolute Gasteiger partial charge is 0.339 e. The highest BCUT2D eigenvalue weighted by atomic mass is 35.5. The zero-order valence-electron chi connectivity index (χ0n) is 13.1. The molecule has 0 atom stereocenters. The van der Waals surface area contributed by atoms with Crippen molar-refractivity contribution >= 4 is 33.3 Å². The van der Waals surface area contributed by atoms with Gasteiger partial charge >= 0.3 is 5.97 Å². The van der Waals surface area contributed by atoms with Gasteiger partial charge in [-0.25, -0.2) is 13.2 Å². The van der Waals surface area contributed by atoms with Crippen molar-refractivity contribution in [3.05, 3.63) is 53.1 Å². The van der Waals surface area contributed by atoms with Crippen LogP contribution >= 0.6 is 11.6 Å². The van der Waals surface area contributed by atoms with Gasteiger partial charge in [-0.1, -0.05) is 11.6 Å². The molecule has 0 aliphatic heterocycles. The second-order valence-electron chi connectivity index (χ2n) is 4.70. The SMILES string of the molecule is CCOc1ccc(S(=O)(=O)Nc2ccc(Cl)c(C(=O)OC)c2)cc1. The number of carbonyl (C=O) groups excluding carboxylic acids is 1. The second-order valence-corrected chi connectivity index (χ2v) is 6.79. The molecule has 1 N–H and O–H groups in total. The Morgan fingerprint density at radius 1 is 1.17 bits per heavy atom. The number of halogens is 1. The van der Waals surface area contributed by atoms with Gasteiger partial charge in [0.25, 0.3) is 10.0 Å². The Bertz CT molecular complexity index is 834. The molecule has 0 radical (unpaired) electrons. The highest BCUT2D eigenvalue weighted by Crippen LogP contribution is 2.24. The zero-order chi connectivity index (χ0) is 17.7. The molecule has 0 fully saturated rings. The molecule has 2 aromatic carbocycles. The summed E-state index contributed by atoms with van der Waals surface area (Å²) in [5.74, 6) is -0.0713. The largest absolute Gasteiger partial charge is 0.494 e. The third kappa shape index (κ3) is 4.18. The molecule has 2 rings (SSSR count). The molecule has 2 aromatic rings. The summed E-state index contributed by atoms with van der Waals surface area (Å²) in [5, 5.41) is 0.172. The first-order chi connectivity index (χ1) is 11.4.